The van der Waals surface area contributed by atoms with Crippen LogP contribution in [-0.2, 0) is 11.3 Å². The van der Waals surface area contributed by atoms with Gasteiger partial charge < -0.3 is 10.2 Å². The maximum absolute atomic E-state index is 11.7. The highest BCUT2D eigenvalue weighted by Crippen LogP contribution is 2.22. The third-order valence-corrected chi connectivity index (χ3v) is 4.04. The van der Waals surface area contributed by atoms with Crippen molar-refractivity contribution in [2.24, 2.45) is 0 Å². The van der Waals surface area contributed by atoms with Gasteiger partial charge in [0.1, 0.15) is 12.0 Å². The van der Waals surface area contributed by atoms with E-state index in [1.54, 1.807) is 6.92 Å². The first kappa shape index (κ1) is 15.9. The van der Waals surface area contributed by atoms with Gasteiger partial charge in [0.25, 0.3) is 5.69 Å². The van der Waals surface area contributed by atoms with Crippen molar-refractivity contribution in [3.05, 3.63) is 57.8 Å². The van der Waals surface area contributed by atoms with Gasteiger partial charge in [0, 0.05) is 31.3 Å². The van der Waals surface area contributed by atoms with Crippen LogP contribution in [0.4, 0.5) is 17.2 Å². The van der Waals surface area contributed by atoms with Crippen molar-refractivity contribution in [1.82, 2.24) is 9.88 Å². The lowest BCUT2D eigenvalue weighted by molar-refractivity contribution is -0.385. The van der Waals surface area contributed by atoms with Crippen LogP contribution in [0.15, 0.2) is 36.5 Å². The van der Waals surface area contributed by atoms with E-state index in [0.29, 0.717) is 24.3 Å². The number of amides is 1. The number of pyridine rings is 1. The smallest absolute Gasteiger partial charge is 0.287 e. The fraction of sp³-hybridized carbons (Fsp3) is 0.294. The van der Waals surface area contributed by atoms with Crippen LogP contribution in [-0.4, -0.2) is 27.3 Å². The number of hydrogen-bond acceptors (Lipinski definition) is 5. The van der Waals surface area contributed by atoms with Crippen molar-refractivity contribution in [1.29, 1.82) is 0 Å². The second-order valence-corrected chi connectivity index (χ2v) is 5.86. The van der Waals surface area contributed by atoms with Crippen LogP contribution in [0.25, 0.3) is 0 Å². The van der Waals surface area contributed by atoms with Crippen LogP contribution < -0.4 is 5.32 Å². The van der Waals surface area contributed by atoms with Crippen molar-refractivity contribution in [2.75, 3.05) is 11.9 Å². The molecule has 1 fully saturated rings. The van der Waals surface area contributed by atoms with Gasteiger partial charge in [-0.05, 0) is 36.6 Å². The molecule has 3 rings (SSSR count). The summed E-state index contributed by atoms with van der Waals surface area (Å²) < 4.78 is 0. The third-order valence-electron chi connectivity index (χ3n) is 4.04. The molecule has 0 atom stereocenters. The van der Waals surface area contributed by atoms with Gasteiger partial charge in [-0.25, -0.2) is 4.98 Å². The highest BCUT2D eigenvalue weighted by Gasteiger charge is 2.19. The van der Waals surface area contributed by atoms with Gasteiger partial charge in [-0.2, -0.15) is 0 Å². The van der Waals surface area contributed by atoms with E-state index in [9.17, 15) is 14.9 Å². The Labute approximate surface area is 139 Å². The number of rotatable bonds is 5. The van der Waals surface area contributed by atoms with E-state index < -0.39 is 4.92 Å². The summed E-state index contributed by atoms with van der Waals surface area (Å²) in [6.45, 7) is 3.23. The molecule has 0 bridgehead atoms. The Morgan fingerprint density at radius 3 is 2.67 bits per heavy atom. The molecule has 1 aliphatic heterocycles. The van der Waals surface area contributed by atoms with Gasteiger partial charge in [0.05, 0.1) is 4.92 Å². The van der Waals surface area contributed by atoms with Crippen LogP contribution in [0.1, 0.15) is 24.0 Å². The molecule has 1 aromatic heterocycles. The first-order valence-electron chi connectivity index (χ1n) is 7.78. The predicted molar refractivity (Wildman–Crippen MR) is 90.0 cm³/mol. The van der Waals surface area contributed by atoms with Crippen LogP contribution in [0.5, 0.6) is 0 Å². The quantitative estimate of drug-likeness (QED) is 0.673. The van der Waals surface area contributed by atoms with E-state index in [2.05, 4.69) is 10.3 Å². The van der Waals surface area contributed by atoms with E-state index in [-0.39, 0.29) is 11.6 Å². The average Bonchev–Trinajstić information content (AvgIpc) is 2.96. The molecule has 0 spiro atoms. The van der Waals surface area contributed by atoms with Gasteiger partial charge in [0.15, 0.2) is 0 Å². The molecule has 1 saturated heterocycles. The van der Waals surface area contributed by atoms with Crippen LogP contribution >= 0.6 is 0 Å². The van der Waals surface area contributed by atoms with Crippen molar-refractivity contribution in [2.45, 2.75) is 26.3 Å². The molecule has 2 heterocycles. The summed E-state index contributed by atoms with van der Waals surface area (Å²) in [7, 11) is 0. The average molecular weight is 326 g/mol. The number of nitro groups is 1. The minimum absolute atomic E-state index is 0.0244. The maximum Gasteiger partial charge on any atom is 0.287 e. The molecule has 1 N–H and O–H groups in total. The zero-order valence-electron chi connectivity index (χ0n) is 13.4. The fourth-order valence-electron chi connectivity index (χ4n) is 2.71. The molecule has 7 heteroatoms. The number of benzene rings is 1. The third kappa shape index (κ3) is 3.51. The Hall–Kier alpha value is -2.96. The molecule has 1 amide bonds. The Morgan fingerprint density at radius 1 is 1.33 bits per heavy atom. The second-order valence-electron chi connectivity index (χ2n) is 5.86. The van der Waals surface area contributed by atoms with Crippen molar-refractivity contribution in [3.8, 4) is 0 Å². The minimum atomic E-state index is -0.460. The molecule has 0 radical (unpaired) electrons. The Morgan fingerprint density at radius 2 is 2.08 bits per heavy atom. The van der Waals surface area contributed by atoms with E-state index in [1.807, 2.05) is 29.2 Å². The highest BCUT2D eigenvalue weighted by molar-refractivity contribution is 5.78. The normalized spacial score (nSPS) is 14.0. The zero-order valence-corrected chi connectivity index (χ0v) is 13.4. The molecule has 0 aliphatic carbocycles. The van der Waals surface area contributed by atoms with E-state index in [4.69, 9.17) is 0 Å². The minimum Gasteiger partial charge on any atom is -0.340 e. The van der Waals surface area contributed by atoms with Crippen molar-refractivity contribution in [3.63, 3.8) is 0 Å². The topological polar surface area (TPSA) is 88.4 Å². The summed E-state index contributed by atoms with van der Waals surface area (Å²) >= 11 is 0. The largest absolute Gasteiger partial charge is 0.340 e. The molecular weight excluding hydrogens is 308 g/mol. The molecular formula is C17H18N4O3. The van der Waals surface area contributed by atoms with Gasteiger partial charge >= 0.3 is 0 Å². The summed E-state index contributed by atoms with van der Waals surface area (Å²) in [5.41, 5.74) is 2.60. The second kappa shape index (κ2) is 6.66. The molecule has 1 aliphatic rings. The number of nitrogens with one attached hydrogen (secondary N) is 1. The number of likely N-dealkylation sites (tertiary alicyclic amines) is 1. The SMILES string of the molecule is Cc1cc([N+](=O)[O-])cnc1Nc1ccc(CN2CCCC2=O)cc1. The lowest BCUT2D eigenvalue weighted by Crippen LogP contribution is -2.23. The molecule has 7 nitrogen and oxygen atoms in total. The van der Waals surface area contributed by atoms with Gasteiger partial charge in [-0.15, -0.1) is 0 Å². The van der Waals surface area contributed by atoms with Crippen molar-refractivity contribution < 1.29 is 9.72 Å². The molecule has 24 heavy (non-hydrogen) atoms. The molecule has 124 valence electrons. The molecule has 0 saturated carbocycles. The summed E-state index contributed by atoms with van der Waals surface area (Å²) in [5, 5.41) is 13.9. The molecule has 1 aromatic carbocycles. The molecule has 2 aromatic rings. The summed E-state index contributed by atoms with van der Waals surface area (Å²) in [5.74, 6) is 0.797. The van der Waals surface area contributed by atoms with Gasteiger partial charge in [-0.3, -0.25) is 14.9 Å². The first-order valence-corrected chi connectivity index (χ1v) is 7.78. The van der Waals surface area contributed by atoms with Crippen molar-refractivity contribution >= 4 is 23.1 Å². The monoisotopic (exact) mass is 326 g/mol. The lowest BCUT2D eigenvalue weighted by Gasteiger charge is -2.16. The number of anilines is 2. The van der Waals surface area contributed by atoms with E-state index in [1.165, 1.54) is 12.3 Å². The number of aryl methyl sites for hydroxylation is 1. The van der Waals surface area contributed by atoms with Crippen LogP contribution in [0, 0.1) is 17.0 Å². The van der Waals surface area contributed by atoms with E-state index in [0.717, 1.165) is 24.2 Å². The first-order chi connectivity index (χ1) is 11.5. The van der Waals surface area contributed by atoms with Crippen LogP contribution in [0.3, 0.4) is 0 Å². The number of nitrogens with zero attached hydrogens (tertiary/aromatic N) is 3. The number of hydrogen-bond donors (Lipinski definition) is 1. The Kier molecular flexibility index (Phi) is 4.41. The lowest BCUT2D eigenvalue weighted by atomic mass is 10.2. The number of aromatic nitrogens is 1. The van der Waals surface area contributed by atoms with Gasteiger partial charge in [0.2, 0.25) is 5.91 Å². The zero-order chi connectivity index (χ0) is 17.1. The fourth-order valence-corrected chi connectivity index (χ4v) is 2.71. The molecule has 0 unspecified atom stereocenters. The van der Waals surface area contributed by atoms with Gasteiger partial charge in [-0.1, -0.05) is 12.1 Å². The maximum atomic E-state index is 11.7. The highest BCUT2D eigenvalue weighted by atomic mass is 16.6. The number of carbonyl (C=O) groups is 1. The predicted octanol–water partition coefficient (Wildman–Crippen LogP) is 3.16. The standard InChI is InChI=1S/C17H18N4O3/c1-12-9-15(21(23)24)10-18-17(12)19-14-6-4-13(5-7-14)11-20-8-2-3-16(20)22/h4-7,9-10H,2-3,8,11H2,1H3,(H,18,19). The van der Waals surface area contributed by atoms with E-state index >= 15 is 0 Å². The Bertz CT molecular complexity index is 774. The van der Waals surface area contributed by atoms with Crippen LogP contribution in [0.2, 0.25) is 0 Å². The summed E-state index contributed by atoms with van der Waals surface area (Å²) in [4.78, 5) is 27.9. The number of carbonyl (C=O) groups excluding carboxylic acids is 1. The Balaban J connectivity index is 1.68. The summed E-state index contributed by atoms with van der Waals surface area (Å²) in [6.07, 6.45) is 2.82. The summed E-state index contributed by atoms with van der Waals surface area (Å²) in [6, 6.07) is 9.25.